The van der Waals surface area contributed by atoms with E-state index in [-0.39, 0.29) is 0 Å². The molecule has 0 fully saturated rings. The highest BCUT2D eigenvalue weighted by Gasteiger charge is 2.38. The lowest BCUT2D eigenvalue weighted by Gasteiger charge is -2.31. The van der Waals surface area contributed by atoms with Crippen LogP contribution in [-0.4, -0.2) is 29.6 Å². The van der Waals surface area contributed by atoms with Crippen molar-refractivity contribution in [3.8, 4) is 0 Å². The van der Waals surface area contributed by atoms with Crippen molar-refractivity contribution >= 4 is 17.7 Å². The molecule has 0 aliphatic carbocycles. The van der Waals surface area contributed by atoms with Crippen molar-refractivity contribution in [3.05, 3.63) is 35.9 Å². The zero-order valence-electron chi connectivity index (χ0n) is 11.0. The van der Waals surface area contributed by atoms with E-state index in [0.717, 1.165) is 17.7 Å². The normalized spacial score (nSPS) is 14.1. The van der Waals surface area contributed by atoms with Gasteiger partial charge in [0.2, 0.25) is 0 Å². The minimum Gasteiger partial charge on any atom is -0.480 e. The molecule has 0 saturated heterocycles. The van der Waals surface area contributed by atoms with Crippen molar-refractivity contribution < 1.29 is 9.90 Å². The number of rotatable bonds is 8. The van der Waals surface area contributed by atoms with Gasteiger partial charge in [0.25, 0.3) is 0 Å². The van der Waals surface area contributed by atoms with E-state index in [2.05, 4.69) is 5.32 Å². The summed E-state index contributed by atoms with van der Waals surface area (Å²) in [5.74, 6) is 0.0222. The number of carbonyl (C=O) groups is 1. The van der Waals surface area contributed by atoms with Crippen LogP contribution in [0.4, 0.5) is 0 Å². The Balaban J connectivity index is 3.07. The molecule has 0 spiro atoms. The highest BCUT2D eigenvalue weighted by atomic mass is 32.2. The number of nitrogens with one attached hydrogen (secondary N) is 1. The molecule has 0 aliphatic rings. The maximum atomic E-state index is 11.8. The number of carboxylic acids is 1. The average molecular weight is 267 g/mol. The second-order valence-corrected chi connectivity index (χ2v) is 5.23. The van der Waals surface area contributed by atoms with Gasteiger partial charge in [-0.3, -0.25) is 5.32 Å². The van der Waals surface area contributed by atoms with Crippen molar-refractivity contribution in [1.29, 1.82) is 0 Å². The van der Waals surface area contributed by atoms with E-state index in [1.54, 1.807) is 11.8 Å². The lowest BCUT2D eigenvalue weighted by atomic mass is 9.87. The summed E-state index contributed by atoms with van der Waals surface area (Å²) in [6, 6.07) is 9.46. The topological polar surface area (TPSA) is 49.3 Å². The number of hydrogen-bond acceptors (Lipinski definition) is 3. The molecule has 1 aromatic rings. The van der Waals surface area contributed by atoms with Gasteiger partial charge >= 0.3 is 5.97 Å². The van der Waals surface area contributed by atoms with E-state index in [9.17, 15) is 9.90 Å². The molecule has 3 nitrogen and oxygen atoms in total. The quantitative estimate of drug-likeness (QED) is 0.760. The SMILES string of the molecule is CCCNC(CCSC)(C(=O)O)c1ccccc1. The fraction of sp³-hybridized carbons (Fsp3) is 0.500. The van der Waals surface area contributed by atoms with Crippen LogP contribution in [0.5, 0.6) is 0 Å². The number of aliphatic carboxylic acids is 1. The molecular weight excluding hydrogens is 246 g/mol. The highest BCUT2D eigenvalue weighted by Crippen LogP contribution is 2.27. The zero-order valence-corrected chi connectivity index (χ0v) is 11.8. The fourth-order valence-corrected chi connectivity index (χ4v) is 2.47. The standard InChI is InChI=1S/C14H21NO2S/c1-3-10-15-14(13(16)17,9-11-18-2)12-7-5-4-6-8-12/h4-8,15H,3,9-11H2,1-2H3,(H,16,17). The maximum Gasteiger partial charge on any atom is 0.328 e. The Morgan fingerprint density at radius 1 is 1.39 bits per heavy atom. The van der Waals surface area contributed by atoms with E-state index in [1.807, 2.05) is 43.5 Å². The third kappa shape index (κ3) is 3.50. The summed E-state index contributed by atoms with van der Waals surface area (Å²) < 4.78 is 0. The Bertz CT molecular complexity index is 359. The summed E-state index contributed by atoms with van der Waals surface area (Å²) in [4.78, 5) is 11.8. The van der Waals surface area contributed by atoms with Crippen molar-refractivity contribution in [2.45, 2.75) is 25.3 Å². The summed E-state index contributed by atoms with van der Waals surface area (Å²) in [7, 11) is 0. The van der Waals surface area contributed by atoms with Crippen molar-refractivity contribution in [3.63, 3.8) is 0 Å². The highest BCUT2D eigenvalue weighted by molar-refractivity contribution is 7.98. The zero-order chi connectivity index (χ0) is 13.4. The Labute approximate surface area is 113 Å². The first-order chi connectivity index (χ1) is 8.67. The predicted octanol–water partition coefficient (Wildman–Crippen LogP) is 2.72. The van der Waals surface area contributed by atoms with E-state index in [4.69, 9.17) is 0 Å². The Morgan fingerprint density at radius 2 is 2.06 bits per heavy atom. The van der Waals surface area contributed by atoms with Gasteiger partial charge in [0.1, 0.15) is 5.54 Å². The van der Waals surface area contributed by atoms with E-state index >= 15 is 0 Å². The molecule has 2 N–H and O–H groups in total. The number of hydrogen-bond donors (Lipinski definition) is 2. The summed E-state index contributed by atoms with van der Waals surface area (Å²) >= 11 is 1.67. The van der Waals surface area contributed by atoms with Crippen LogP contribution in [0, 0.1) is 0 Å². The van der Waals surface area contributed by atoms with Crippen LogP contribution in [0.25, 0.3) is 0 Å². The Kier molecular flexibility index (Phi) is 6.22. The third-order valence-electron chi connectivity index (χ3n) is 2.99. The number of carboxylic acid groups (broad SMARTS) is 1. The molecule has 0 heterocycles. The molecule has 0 radical (unpaired) electrons. The fourth-order valence-electron chi connectivity index (χ4n) is 1.96. The van der Waals surface area contributed by atoms with Gasteiger partial charge in [0.15, 0.2) is 0 Å². The molecule has 1 unspecified atom stereocenters. The first-order valence-corrected chi connectivity index (χ1v) is 7.59. The maximum absolute atomic E-state index is 11.8. The second kappa shape index (κ2) is 7.44. The smallest absolute Gasteiger partial charge is 0.328 e. The minimum absolute atomic E-state index is 0.591. The molecule has 0 bridgehead atoms. The first-order valence-electron chi connectivity index (χ1n) is 6.20. The molecule has 1 atom stereocenters. The molecule has 0 aliphatic heterocycles. The number of thioether (sulfide) groups is 1. The van der Waals surface area contributed by atoms with Gasteiger partial charge in [-0.2, -0.15) is 11.8 Å². The van der Waals surface area contributed by atoms with Crippen LogP contribution in [0.1, 0.15) is 25.3 Å². The van der Waals surface area contributed by atoms with Crippen molar-refractivity contribution in [2.24, 2.45) is 0 Å². The van der Waals surface area contributed by atoms with E-state index in [1.165, 1.54) is 0 Å². The van der Waals surface area contributed by atoms with Crippen LogP contribution in [0.3, 0.4) is 0 Å². The molecule has 100 valence electrons. The average Bonchev–Trinajstić information content (AvgIpc) is 2.40. The van der Waals surface area contributed by atoms with Crippen LogP contribution < -0.4 is 5.32 Å². The number of benzene rings is 1. The Morgan fingerprint density at radius 3 is 2.56 bits per heavy atom. The molecule has 0 saturated carbocycles. The van der Waals surface area contributed by atoms with Gasteiger partial charge in [-0.25, -0.2) is 4.79 Å². The van der Waals surface area contributed by atoms with Crippen LogP contribution >= 0.6 is 11.8 Å². The molecule has 1 aromatic carbocycles. The van der Waals surface area contributed by atoms with Crippen molar-refractivity contribution in [1.82, 2.24) is 5.32 Å². The monoisotopic (exact) mass is 267 g/mol. The Hall–Kier alpha value is -1.00. The van der Waals surface area contributed by atoms with Crippen LogP contribution in [0.15, 0.2) is 30.3 Å². The third-order valence-corrected chi connectivity index (χ3v) is 3.60. The summed E-state index contributed by atoms with van der Waals surface area (Å²) in [5, 5.41) is 12.9. The molecule has 1 rings (SSSR count). The predicted molar refractivity (Wildman–Crippen MR) is 77.0 cm³/mol. The van der Waals surface area contributed by atoms with Gasteiger partial charge < -0.3 is 5.11 Å². The van der Waals surface area contributed by atoms with Gasteiger partial charge in [-0.1, -0.05) is 37.3 Å². The molecule has 0 amide bonds. The van der Waals surface area contributed by atoms with Crippen LogP contribution in [-0.2, 0) is 10.3 Å². The summed E-state index contributed by atoms with van der Waals surface area (Å²) in [6.07, 6.45) is 3.51. The van der Waals surface area contributed by atoms with Crippen LogP contribution in [0.2, 0.25) is 0 Å². The van der Waals surface area contributed by atoms with Gasteiger partial charge in [-0.05, 0) is 37.0 Å². The van der Waals surface area contributed by atoms with Crippen molar-refractivity contribution in [2.75, 3.05) is 18.6 Å². The lowest BCUT2D eigenvalue weighted by molar-refractivity contribution is -0.145. The van der Waals surface area contributed by atoms with Gasteiger partial charge in [0, 0.05) is 0 Å². The molecule has 0 aromatic heterocycles. The first kappa shape index (κ1) is 15.1. The summed E-state index contributed by atoms with van der Waals surface area (Å²) in [6.45, 7) is 2.74. The molecule has 18 heavy (non-hydrogen) atoms. The lowest BCUT2D eigenvalue weighted by Crippen LogP contribution is -2.50. The van der Waals surface area contributed by atoms with E-state index in [0.29, 0.717) is 13.0 Å². The summed E-state index contributed by atoms with van der Waals surface area (Å²) in [5.41, 5.74) is -0.125. The second-order valence-electron chi connectivity index (χ2n) is 4.25. The van der Waals surface area contributed by atoms with Gasteiger partial charge in [0.05, 0.1) is 0 Å². The van der Waals surface area contributed by atoms with E-state index < -0.39 is 11.5 Å². The largest absolute Gasteiger partial charge is 0.480 e. The van der Waals surface area contributed by atoms with Gasteiger partial charge in [-0.15, -0.1) is 0 Å². The molecular formula is C14H21NO2S. The molecule has 4 heteroatoms. The minimum atomic E-state index is -0.958.